The number of rotatable bonds is 9. The van der Waals surface area contributed by atoms with Crippen molar-refractivity contribution in [1.29, 1.82) is 0 Å². The third-order valence-corrected chi connectivity index (χ3v) is 5.06. The van der Waals surface area contributed by atoms with Crippen LogP contribution in [0.1, 0.15) is 16.8 Å². The maximum Gasteiger partial charge on any atom is 0.408 e. The molecule has 0 aliphatic rings. The summed E-state index contributed by atoms with van der Waals surface area (Å²) in [7, 11) is 1.42. The van der Waals surface area contributed by atoms with Crippen LogP contribution in [0.25, 0.3) is 0 Å². The fraction of sp³-hybridized carbons (Fsp3) is 0.182. The van der Waals surface area contributed by atoms with Crippen LogP contribution in [-0.2, 0) is 22.6 Å². The summed E-state index contributed by atoms with van der Waals surface area (Å²) in [5.41, 5.74) is 4.44. The van der Waals surface area contributed by atoms with E-state index < -0.39 is 18.0 Å². The van der Waals surface area contributed by atoms with Gasteiger partial charge in [-0.2, -0.15) is 5.10 Å². The summed E-state index contributed by atoms with van der Waals surface area (Å²) in [5, 5.41) is 16.4. The van der Waals surface area contributed by atoms with Crippen molar-refractivity contribution in [3.63, 3.8) is 0 Å². The second-order valence-electron chi connectivity index (χ2n) is 6.83. The fourth-order valence-electron chi connectivity index (χ4n) is 2.80. The quantitative estimate of drug-likeness (QED) is 0.255. The maximum atomic E-state index is 12.7. The molecule has 0 bridgehead atoms. The molecule has 33 heavy (non-hydrogen) atoms. The highest BCUT2D eigenvalue weighted by atomic mass is 79.9. The Morgan fingerprint density at radius 3 is 2.79 bits per heavy atom. The highest BCUT2D eigenvalue weighted by Crippen LogP contribution is 2.34. The summed E-state index contributed by atoms with van der Waals surface area (Å²) in [6, 6.07) is 11.4. The van der Waals surface area contributed by atoms with Crippen LogP contribution in [0.15, 0.2) is 64.6 Å². The van der Waals surface area contributed by atoms with Crippen molar-refractivity contribution in [1.82, 2.24) is 20.7 Å². The van der Waals surface area contributed by atoms with E-state index in [-0.39, 0.29) is 24.5 Å². The van der Waals surface area contributed by atoms with Crippen LogP contribution in [0, 0.1) is 0 Å². The molecule has 3 aromatic rings. The zero-order chi connectivity index (χ0) is 23.6. The number of hydrogen-bond donors (Lipinski definition) is 4. The number of amides is 2. The van der Waals surface area contributed by atoms with Gasteiger partial charge in [0.15, 0.2) is 11.5 Å². The number of phenols is 1. The Kier molecular flexibility index (Phi) is 8.42. The smallest absolute Gasteiger partial charge is 0.408 e. The average Bonchev–Trinajstić information content (AvgIpc) is 3.33. The molecular weight excluding hydrogens is 494 g/mol. The van der Waals surface area contributed by atoms with E-state index in [9.17, 15) is 14.7 Å². The van der Waals surface area contributed by atoms with Crippen molar-refractivity contribution in [2.24, 2.45) is 5.10 Å². The lowest BCUT2D eigenvalue weighted by atomic mass is 10.1. The number of hydrogen-bond acceptors (Lipinski definition) is 7. The summed E-state index contributed by atoms with van der Waals surface area (Å²) in [4.78, 5) is 31.8. The van der Waals surface area contributed by atoms with Gasteiger partial charge in [0.2, 0.25) is 0 Å². The normalized spacial score (nSPS) is 11.7. The Morgan fingerprint density at radius 2 is 2.09 bits per heavy atom. The number of aromatic hydroxyl groups is 1. The molecule has 0 spiro atoms. The molecule has 1 heterocycles. The molecule has 1 atom stereocenters. The number of H-pyrrole nitrogens is 1. The number of nitrogens with one attached hydrogen (secondary N) is 3. The lowest BCUT2D eigenvalue weighted by Crippen LogP contribution is -2.47. The first-order chi connectivity index (χ1) is 16.0. The molecule has 0 saturated carbocycles. The maximum absolute atomic E-state index is 12.7. The Morgan fingerprint density at radius 1 is 1.30 bits per heavy atom. The van der Waals surface area contributed by atoms with Crippen molar-refractivity contribution >= 4 is 34.1 Å². The summed E-state index contributed by atoms with van der Waals surface area (Å²) >= 11 is 3.22. The van der Waals surface area contributed by atoms with Gasteiger partial charge in [0.05, 0.1) is 24.1 Å². The lowest BCUT2D eigenvalue weighted by molar-refractivity contribution is -0.123. The molecule has 11 heteroatoms. The largest absolute Gasteiger partial charge is 0.503 e. The van der Waals surface area contributed by atoms with Gasteiger partial charge in [-0.3, -0.25) is 4.79 Å². The summed E-state index contributed by atoms with van der Waals surface area (Å²) in [5.74, 6) is -0.351. The van der Waals surface area contributed by atoms with Crippen LogP contribution in [-0.4, -0.2) is 46.4 Å². The molecule has 1 aromatic heterocycles. The van der Waals surface area contributed by atoms with E-state index >= 15 is 0 Å². The minimum Gasteiger partial charge on any atom is -0.503 e. The molecule has 0 radical (unpaired) electrons. The zero-order valence-electron chi connectivity index (χ0n) is 17.6. The number of methoxy groups -OCH3 is 1. The predicted molar refractivity (Wildman–Crippen MR) is 124 cm³/mol. The van der Waals surface area contributed by atoms with Crippen molar-refractivity contribution in [2.45, 2.75) is 19.1 Å². The number of carbonyl (C=O) groups is 2. The molecule has 2 amide bonds. The number of benzene rings is 2. The number of nitrogens with zero attached hydrogens (tertiary/aromatic N) is 2. The van der Waals surface area contributed by atoms with Gasteiger partial charge in [0, 0.05) is 18.3 Å². The van der Waals surface area contributed by atoms with Gasteiger partial charge in [-0.25, -0.2) is 15.2 Å². The highest BCUT2D eigenvalue weighted by Gasteiger charge is 2.22. The second kappa shape index (κ2) is 11.7. The van der Waals surface area contributed by atoms with E-state index in [4.69, 9.17) is 9.47 Å². The lowest BCUT2D eigenvalue weighted by Gasteiger charge is -2.16. The van der Waals surface area contributed by atoms with Gasteiger partial charge >= 0.3 is 6.09 Å². The fourth-order valence-corrected chi connectivity index (χ4v) is 3.26. The Labute approximate surface area is 198 Å². The molecule has 2 aromatic carbocycles. The van der Waals surface area contributed by atoms with Gasteiger partial charge in [-0.15, -0.1) is 0 Å². The number of carbonyl (C=O) groups excluding carboxylic acids is 2. The van der Waals surface area contributed by atoms with Crippen molar-refractivity contribution < 1.29 is 24.2 Å². The third-order valence-electron chi connectivity index (χ3n) is 4.46. The van der Waals surface area contributed by atoms with Crippen molar-refractivity contribution in [3.8, 4) is 11.5 Å². The Balaban J connectivity index is 1.63. The van der Waals surface area contributed by atoms with Gasteiger partial charge in [0.1, 0.15) is 12.6 Å². The Bertz CT molecular complexity index is 1110. The minimum atomic E-state index is -0.966. The zero-order valence-corrected chi connectivity index (χ0v) is 19.2. The van der Waals surface area contributed by atoms with Crippen molar-refractivity contribution in [3.05, 3.63) is 76.3 Å². The number of halogens is 1. The van der Waals surface area contributed by atoms with E-state index in [2.05, 4.69) is 41.7 Å². The van der Waals surface area contributed by atoms with E-state index in [1.165, 1.54) is 19.7 Å². The van der Waals surface area contributed by atoms with E-state index in [0.29, 0.717) is 15.7 Å². The van der Waals surface area contributed by atoms with Crippen LogP contribution < -0.4 is 15.5 Å². The summed E-state index contributed by atoms with van der Waals surface area (Å²) < 4.78 is 10.7. The Hall–Kier alpha value is -3.86. The molecule has 172 valence electrons. The predicted octanol–water partition coefficient (Wildman–Crippen LogP) is 2.87. The molecule has 10 nitrogen and oxygen atoms in total. The summed E-state index contributed by atoms with van der Waals surface area (Å²) in [6.45, 7) is 0.0702. The number of aromatic nitrogens is 2. The SMILES string of the molecule is COc1cc(/C=N\NC(=O)[C@H](Cc2cnc[nH]2)NC(=O)OCc2ccccc2)cc(Br)c1O. The molecule has 0 aliphatic heterocycles. The first kappa shape index (κ1) is 23.8. The van der Waals surface area contributed by atoms with Gasteiger partial charge in [-0.05, 0) is 39.2 Å². The topological polar surface area (TPSA) is 138 Å². The molecule has 4 N–H and O–H groups in total. The van der Waals surface area contributed by atoms with Crippen LogP contribution in [0.3, 0.4) is 0 Å². The number of phenolic OH excluding ortho intramolecular Hbond substituents is 1. The summed E-state index contributed by atoms with van der Waals surface area (Å²) in [6.07, 6.45) is 3.83. The minimum absolute atomic E-state index is 0.0449. The molecule has 0 fully saturated rings. The number of imidazole rings is 1. The van der Waals surface area contributed by atoms with Crippen LogP contribution in [0.5, 0.6) is 11.5 Å². The average molecular weight is 516 g/mol. The monoisotopic (exact) mass is 515 g/mol. The highest BCUT2D eigenvalue weighted by molar-refractivity contribution is 9.10. The number of alkyl carbamates (subject to hydrolysis) is 1. The van der Waals surface area contributed by atoms with Crippen molar-refractivity contribution in [2.75, 3.05) is 7.11 Å². The number of aromatic amines is 1. The van der Waals surface area contributed by atoms with E-state index in [0.717, 1.165) is 5.56 Å². The molecule has 0 aliphatic carbocycles. The van der Waals surface area contributed by atoms with Gasteiger partial charge in [0.25, 0.3) is 5.91 Å². The van der Waals surface area contributed by atoms with E-state index in [1.54, 1.807) is 18.3 Å². The van der Waals surface area contributed by atoms with Crippen LogP contribution in [0.4, 0.5) is 4.79 Å². The first-order valence-electron chi connectivity index (χ1n) is 9.80. The third kappa shape index (κ3) is 7.07. The molecular formula is C22H22BrN5O5. The number of hydrazone groups is 1. The molecule has 0 saturated heterocycles. The molecule has 0 unspecified atom stereocenters. The van der Waals surface area contributed by atoms with Crippen LogP contribution >= 0.6 is 15.9 Å². The van der Waals surface area contributed by atoms with Gasteiger partial charge < -0.3 is 24.9 Å². The second-order valence-corrected chi connectivity index (χ2v) is 7.68. The number of ether oxygens (including phenoxy) is 2. The standard InChI is InChI=1S/C22H22BrN5O5/c1-32-19-8-15(7-17(23)20(19)29)10-26-28-21(30)18(9-16-11-24-13-25-16)27-22(31)33-12-14-5-3-2-4-6-14/h2-8,10-11,13,18,29H,9,12H2,1H3,(H,24,25)(H,27,31)(H,28,30)/b26-10-/t18-/m0/s1. The van der Waals surface area contributed by atoms with E-state index in [1.807, 2.05) is 30.3 Å². The van der Waals surface area contributed by atoms with Gasteiger partial charge in [-0.1, -0.05) is 30.3 Å². The first-order valence-corrected chi connectivity index (χ1v) is 10.6. The van der Waals surface area contributed by atoms with Crippen LogP contribution in [0.2, 0.25) is 0 Å². The molecule has 3 rings (SSSR count).